The number of rotatable bonds is 8. The van der Waals surface area contributed by atoms with Gasteiger partial charge in [-0.15, -0.1) is 11.3 Å². The largest absolute Gasteiger partial charge is 0.494 e. The highest BCUT2D eigenvalue weighted by Crippen LogP contribution is 2.28. The fraction of sp³-hybridized carbons (Fsp3) is 0.429. The van der Waals surface area contributed by atoms with Crippen LogP contribution in [0.1, 0.15) is 24.6 Å². The van der Waals surface area contributed by atoms with Crippen LogP contribution in [0.5, 0.6) is 5.75 Å². The lowest BCUT2D eigenvalue weighted by Crippen LogP contribution is -2.46. The first kappa shape index (κ1) is 23.2. The van der Waals surface area contributed by atoms with Gasteiger partial charge in [-0.1, -0.05) is 0 Å². The maximum atomic E-state index is 12.8. The molecule has 1 aliphatic rings. The van der Waals surface area contributed by atoms with E-state index in [0.29, 0.717) is 41.6 Å². The van der Waals surface area contributed by atoms with Gasteiger partial charge in [-0.2, -0.15) is 4.31 Å². The number of piperidine rings is 1. The average molecular weight is 466 g/mol. The molecule has 0 radical (unpaired) electrons. The molecule has 0 saturated carbocycles. The Hall–Kier alpha value is -2.43. The summed E-state index contributed by atoms with van der Waals surface area (Å²) >= 11 is 1.23. The number of aryl methyl sites for hydroxylation is 1. The number of hydrogen-bond acceptors (Lipinski definition) is 6. The summed E-state index contributed by atoms with van der Waals surface area (Å²) in [6.07, 6.45) is 1.18. The second-order valence-electron chi connectivity index (χ2n) is 7.29. The van der Waals surface area contributed by atoms with E-state index in [4.69, 9.17) is 4.74 Å². The van der Waals surface area contributed by atoms with E-state index < -0.39 is 15.9 Å². The maximum absolute atomic E-state index is 12.8. The van der Waals surface area contributed by atoms with Crippen molar-refractivity contribution in [2.24, 2.45) is 5.92 Å². The van der Waals surface area contributed by atoms with E-state index in [-0.39, 0.29) is 24.9 Å². The van der Waals surface area contributed by atoms with Gasteiger partial charge < -0.3 is 15.4 Å². The Morgan fingerprint density at radius 1 is 1.19 bits per heavy atom. The van der Waals surface area contributed by atoms with Gasteiger partial charge in [0.1, 0.15) is 9.96 Å². The Morgan fingerprint density at radius 3 is 2.58 bits per heavy atom. The lowest BCUT2D eigenvalue weighted by molar-refractivity contribution is -0.128. The van der Waals surface area contributed by atoms with Crippen molar-refractivity contribution >= 4 is 38.9 Å². The molecule has 3 rings (SSSR count). The Bertz CT molecular complexity index is 1020. The van der Waals surface area contributed by atoms with Crippen LogP contribution in [0.25, 0.3) is 0 Å². The molecule has 1 unspecified atom stereocenters. The summed E-state index contributed by atoms with van der Waals surface area (Å²) in [5.74, 6) is -0.442. The third-order valence-corrected chi connectivity index (χ3v) is 8.27. The molecule has 2 N–H and O–H groups in total. The van der Waals surface area contributed by atoms with Crippen molar-refractivity contribution in [2.45, 2.75) is 30.9 Å². The van der Waals surface area contributed by atoms with Gasteiger partial charge in [0.25, 0.3) is 10.0 Å². The summed E-state index contributed by atoms with van der Waals surface area (Å²) in [6, 6.07) is 10.3. The summed E-state index contributed by atoms with van der Waals surface area (Å²) in [7, 11) is -3.61. The molecule has 1 aliphatic heterocycles. The van der Waals surface area contributed by atoms with Crippen LogP contribution in [0.2, 0.25) is 0 Å². The molecule has 1 atom stereocenters. The molecule has 1 fully saturated rings. The van der Waals surface area contributed by atoms with Gasteiger partial charge in [0, 0.05) is 23.7 Å². The second kappa shape index (κ2) is 10.3. The smallest absolute Gasteiger partial charge is 0.252 e. The number of anilines is 1. The number of sulfonamides is 1. The van der Waals surface area contributed by atoms with Crippen molar-refractivity contribution in [1.29, 1.82) is 0 Å². The van der Waals surface area contributed by atoms with Crippen LogP contribution < -0.4 is 15.4 Å². The molecular formula is C21H27N3O5S2. The fourth-order valence-electron chi connectivity index (χ4n) is 3.37. The Morgan fingerprint density at radius 2 is 1.94 bits per heavy atom. The molecule has 0 bridgehead atoms. The van der Waals surface area contributed by atoms with Gasteiger partial charge in [0.2, 0.25) is 11.8 Å². The monoisotopic (exact) mass is 465 g/mol. The zero-order valence-electron chi connectivity index (χ0n) is 17.6. The van der Waals surface area contributed by atoms with E-state index in [9.17, 15) is 18.0 Å². The maximum Gasteiger partial charge on any atom is 0.252 e. The molecule has 10 heteroatoms. The molecule has 2 heterocycles. The minimum Gasteiger partial charge on any atom is -0.494 e. The number of benzene rings is 1. The van der Waals surface area contributed by atoms with Crippen LogP contribution in [0.15, 0.2) is 40.6 Å². The van der Waals surface area contributed by atoms with Crippen molar-refractivity contribution < 1.29 is 22.7 Å². The molecule has 168 valence electrons. The summed E-state index contributed by atoms with van der Waals surface area (Å²) in [4.78, 5) is 25.6. The van der Waals surface area contributed by atoms with Crippen LogP contribution in [-0.2, 0) is 19.6 Å². The quantitative estimate of drug-likeness (QED) is 0.624. The summed E-state index contributed by atoms with van der Waals surface area (Å²) in [5.41, 5.74) is 0.601. The summed E-state index contributed by atoms with van der Waals surface area (Å²) in [5, 5.41) is 5.34. The number of thiophene rings is 1. The number of carbonyl (C=O) groups is 2. The predicted molar refractivity (Wildman–Crippen MR) is 120 cm³/mol. The van der Waals surface area contributed by atoms with Gasteiger partial charge in [0.05, 0.1) is 19.1 Å². The van der Waals surface area contributed by atoms with Crippen LogP contribution >= 0.6 is 11.3 Å². The van der Waals surface area contributed by atoms with Gasteiger partial charge in [-0.25, -0.2) is 8.42 Å². The van der Waals surface area contributed by atoms with Crippen molar-refractivity contribution in [3.05, 3.63) is 41.3 Å². The van der Waals surface area contributed by atoms with Crippen LogP contribution in [0.4, 0.5) is 5.69 Å². The number of hydrogen-bond donors (Lipinski definition) is 2. The van der Waals surface area contributed by atoms with Crippen molar-refractivity contribution in [1.82, 2.24) is 9.62 Å². The van der Waals surface area contributed by atoms with Gasteiger partial charge in [0.15, 0.2) is 0 Å². The lowest BCUT2D eigenvalue weighted by Gasteiger charge is -2.30. The second-order valence-corrected chi connectivity index (χ2v) is 10.7. The SMILES string of the molecule is CCOc1ccc(NC(=O)CNC(=O)C2CCCN(S(=O)(=O)c3ccc(C)s3)C2)cc1. The van der Waals surface area contributed by atoms with E-state index in [0.717, 1.165) is 4.88 Å². The van der Waals surface area contributed by atoms with Gasteiger partial charge in [-0.05, 0) is 63.1 Å². The van der Waals surface area contributed by atoms with Gasteiger partial charge >= 0.3 is 0 Å². The predicted octanol–water partition coefficient (Wildman–Crippen LogP) is 2.61. The van der Waals surface area contributed by atoms with Crippen LogP contribution in [0, 0.1) is 12.8 Å². The molecular weight excluding hydrogens is 438 g/mol. The zero-order chi connectivity index (χ0) is 22.4. The van der Waals surface area contributed by atoms with E-state index >= 15 is 0 Å². The third-order valence-electron chi connectivity index (χ3n) is 4.94. The molecule has 31 heavy (non-hydrogen) atoms. The van der Waals surface area contributed by atoms with Crippen molar-refractivity contribution in [3.8, 4) is 5.75 Å². The molecule has 2 aromatic rings. The van der Waals surface area contributed by atoms with E-state index in [1.54, 1.807) is 36.4 Å². The summed E-state index contributed by atoms with van der Waals surface area (Å²) < 4.78 is 32.7. The minimum absolute atomic E-state index is 0.117. The number of carbonyl (C=O) groups excluding carboxylic acids is 2. The average Bonchev–Trinajstić information content (AvgIpc) is 3.21. The molecule has 8 nitrogen and oxygen atoms in total. The Kier molecular flexibility index (Phi) is 7.69. The van der Waals surface area contributed by atoms with Gasteiger partial charge in [-0.3, -0.25) is 9.59 Å². The molecule has 1 aromatic carbocycles. The first-order valence-electron chi connectivity index (χ1n) is 10.2. The van der Waals surface area contributed by atoms with E-state index in [1.807, 2.05) is 13.8 Å². The van der Waals surface area contributed by atoms with E-state index in [1.165, 1.54) is 15.6 Å². The topological polar surface area (TPSA) is 105 Å². The normalized spacial score (nSPS) is 17.2. The molecule has 1 saturated heterocycles. The fourth-order valence-corrected chi connectivity index (χ4v) is 6.33. The lowest BCUT2D eigenvalue weighted by atomic mass is 9.99. The summed E-state index contributed by atoms with van der Waals surface area (Å²) in [6.45, 7) is 4.63. The zero-order valence-corrected chi connectivity index (χ0v) is 19.2. The third kappa shape index (κ3) is 6.05. The molecule has 0 spiro atoms. The first-order chi connectivity index (χ1) is 14.8. The Balaban J connectivity index is 1.51. The Labute approximate surface area is 186 Å². The first-order valence-corrected chi connectivity index (χ1v) is 12.4. The highest BCUT2D eigenvalue weighted by atomic mass is 32.2. The van der Waals surface area contributed by atoms with Crippen LogP contribution in [0.3, 0.4) is 0 Å². The van der Waals surface area contributed by atoms with Crippen molar-refractivity contribution in [2.75, 3.05) is 31.6 Å². The molecule has 2 amide bonds. The molecule has 1 aromatic heterocycles. The highest BCUT2D eigenvalue weighted by Gasteiger charge is 2.34. The van der Waals surface area contributed by atoms with Crippen molar-refractivity contribution in [3.63, 3.8) is 0 Å². The standard InChI is InChI=1S/C21H27N3O5S2/c1-3-29-18-9-7-17(8-10-18)23-19(25)13-22-21(26)16-5-4-12-24(14-16)31(27,28)20-11-6-15(2)30-20/h6-11,16H,3-5,12-14H2,1-2H3,(H,22,26)(H,23,25). The number of nitrogens with one attached hydrogen (secondary N) is 2. The molecule has 0 aliphatic carbocycles. The number of nitrogens with zero attached hydrogens (tertiary/aromatic N) is 1. The van der Waals surface area contributed by atoms with Crippen LogP contribution in [-0.4, -0.2) is 50.8 Å². The number of ether oxygens (including phenoxy) is 1. The highest BCUT2D eigenvalue weighted by molar-refractivity contribution is 7.91. The van der Waals surface area contributed by atoms with E-state index in [2.05, 4.69) is 10.6 Å². The number of amides is 2. The minimum atomic E-state index is -3.61.